The molecular formula is C15H21N3O3. The summed E-state index contributed by atoms with van der Waals surface area (Å²) in [5.74, 6) is -0.131. The van der Waals surface area contributed by atoms with Crippen molar-refractivity contribution in [2.24, 2.45) is 0 Å². The normalized spacial score (nSPS) is 12.3. The first-order chi connectivity index (χ1) is 9.81. The predicted octanol–water partition coefficient (Wildman–Crippen LogP) is 1.65. The number of carbonyl (C=O) groups excluding carboxylic acids is 1. The molecular weight excluding hydrogens is 270 g/mol. The van der Waals surface area contributed by atoms with E-state index in [1.165, 1.54) is 6.92 Å². The first-order valence-electron chi connectivity index (χ1n) is 6.72. The molecule has 1 atom stereocenters. The zero-order valence-corrected chi connectivity index (χ0v) is 12.8. The lowest BCUT2D eigenvalue weighted by atomic mass is 10.1. The number of nitrogens with zero attached hydrogens (tertiary/aromatic N) is 2. The molecule has 0 spiro atoms. The maximum atomic E-state index is 11.1. The first kappa shape index (κ1) is 16.9. The van der Waals surface area contributed by atoms with Crippen LogP contribution in [0, 0.1) is 11.3 Å². The number of nitrogens with one attached hydrogen (secondary N) is 1. The molecule has 1 aromatic rings. The molecule has 1 N–H and O–H groups in total. The molecule has 0 amide bonds. The highest BCUT2D eigenvalue weighted by Gasteiger charge is 2.18. The molecule has 1 heterocycles. The van der Waals surface area contributed by atoms with Crippen LogP contribution in [0.2, 0.25) is 0 Å². The fraction of sp³-hybridized carbons (Fsp3) is 0.533. The number of esters is 1. The van der Waals surface area contributed by atoms with E-state index in [-0.39, 0.29) is 24.0 Å². The molecule has 0 saturated carbocycles. The summed E-state index contributed by atoms with van der Waals surface area (Å²) in [6, 6.07) is 5.29. The Hall–Kier alpha value is -2.13. The summed E-state index contributed by atoms with van der Waals surface area (Å²) in [4.78, 5) is 15.1. The monoisotopic (exact) mass is 291 g/mol. The maximum absolute atomic E-state index is 11.1. The zero-order valence-electron chi connectivity index (χ0n) is 12.8. The Morgan fingerprint density at radius 3 is 2.81 bits per heavy atom. The van der Waals surface area contributed by atoms with Gasteiger partial charge in [-0.2, -0.15) is 5.26 Å². The number of hydrogen-bond donors (Lipinski definition) is 1. The smallest absolute Gasteiger partial charge is 0.303 e. The van der Waals surface area contributed by atoms with Crippen LogP contribution in [0.5, 0.6) is 5.88 Å². The van der Waals surface area contributed by atoms with E-state index < -0.39 is 6.10 Å². The van der Waals surface area contributed by atoms with Crippen molar-refractivity contribution in [2.75, 3.05) is 13.2 Å². The number of aromatic nitrogens is 1. The minimum atomic E-state index is -0.449. The van der Waals surface area contributed by atoms with E-state index in [2.05, 4.69) is 10.3 Å². The van der Waals surface area contributed by atoms with Gasteiger partial charge in [0.25, 0.3) is 0 Å². The molecule has 21 heavy (non-hydrogen) atoms. The molecule has 1 rings (SSSR count). The second-order valence-corrected chi connectivity index (χ2v) is 5.64. The largest absolute Gasteiger partial charge is 0.473 e. The molecule has 0 saturated heterocycles. The van der Waals surface area contributed by atoms with Crippen molar-refractivity contribution in [1.82, 2.24) is 10.3 Å². The summed E-state index contributed by atoms with van der Waals surface area (Å²) in [5, 5.41) is 12.2. The lowest BCUT2D eigenvalue weighted by Gasteiger charge is -2.25. The lowest BCUT2D eigenvalue weighted by Crippen LogP contribution is -2.44. The van der Waals surface area contributed by atoms with Crippen molar-refractivity contribution in [2.45, 2.75) is 39.3 Å². The Morgan fingerprint density at radius 1 is 1.52 bits per heavy atom. The third kappa shape index (κ3) is 6.72. The average Bonchev–Trinajstić information content (AvgIpc) is 2.40. The van der Waals surface area contributed by atoms with Crippen LogP contribution in [0.15, 0.2) is 18.3 Å². The van der Waals surface area contributed by atoms with Crippen LogP contribution in [0.1, 0.15) is 33.3 Å². The number of carbonyl (C=O) groups is 1. The predicted molar refractivity (Wildman–Crippen MR) is 77.8 cm³/mol. The second kappa shape index (κ2) is 7.60. The Bertz CT molecular complexity index is 518. The number of ether oxygens (including phenoxy) is 2. The van der Waals surface area contributed by atoms with Crippen LogP contribution in [0.4, 0.5) is 0 Å². The highest BCUT2D eigenvalue weighted by molar-refractivity contribution is 5.66. The fourth-order valence-electron chi connectivity index (χ4n) is 1.55. The molecule has 0 aromatic carbocycles. The van der Waals surface area contributed by atoms with Crippen molar-refractivity contribution in [3.05, 3.63) is 23.9 Å². The van der Waals surface area contributed by atoms with Crippen molar-refractivity contribution >= 4 is 5.97 Å². The van der Waals surface area contributed by atoms with E-state index in [0.29, 0.717) is 12.1 Å². The van der Waals surface area contributed by atoms with Gasteiger partial charge in [0, 0.05) is 25.2 Å². The SMILES string of the molecule is CC(=O)OC(CNC(C)(C)C)COc1ncccc1C#N. The summed E-state index contributed by atoms with van der Waals surface area (Å²) in [7, 11) is 0. The van der Waals surface area contributed by atoms with E-state index in [0.717, 1.165) is 0 Å². The molecule has 1 unspecified atom stereocenters. The summed E-state index contributed by atoms with van der Waals surface area (Å²) in [5.41, 5.74) is 0.254. The molecule has 0 aliphatic rings. The number of rotatable bonds is 6. The van der Waals surface area contributed by atoms with Crippen LogP contribution in [0.3, 0.4) is 0 Å². The Labute approximate surface area is 125 Å². The van der Waals surface area contributed by atoms with Gasteiger partial charge in [0.15, 0.2) is 0 Å². The molecule has 6 heteroatoms. The van der Waals surface area contributed by atoms with Gasteiger partial charge in [-0.05, 0) is 32.9 Å². The Kier molecular flexibility index (Phi) is 6.12. The molecule has 0 bridgehead atoms. The van der Waals surface area contributed by atoms with Crippen LogP contribution in [-0.4, -0.2) is 35.7 Å². The van der Waals surface area contributed by atoms with Gasteiger partial charge in [0.1, 0.15) is 24.3 Å². The number of pyridine rings is 1. The first-order valence-corrected chi connectivity index (χ1v) is 6.72. The summed E-state index contributed by atoms with van der Waals surface area (Å²) < 4.78 is 10.7. The standard InChI is InChI=1S/C15H21N3O3/c1-11(19)21-13(9-18-15(2,3)4)10-20-14-12(8-16)6-5-7-17-14/h5-7,13,18H,9-10H2,1-4H3. The molecule has 6 nitrogen and oxygen atoms in total. The van der Waals surface area contributed by atoms with Crippen LogP contribution in [-0.2, 0) is 9.53 Å². The van der Waals surface area contributed by atoms with Gasteiger partial charge in [-0.25, -0.2) is 4.98 Å². The van der Waals surface area contributed by atoms with E-state index in [1.54, 1.807) is 18.3 Å². The molecule has 1 aromatic heterocycles. The molecule has 0 aliphatic heterocycles. The van der Waals surface area contributed by atoms with Gasteiger partial charge in [-0.3, -0.25) is 4.79 Å². The second-order valence-electron chi connectivity index (χ2n) is 5.64. The van der Waals surface area contributed by atoms with Crippen molar-refractivity contribution in [1.29, 1.82) is 5.26 Å². The van der Waals surface area contributed by atoms with E-state index in [9.17, 15) is 4.79 Å². The molecule has 0 fully saturated rings. The zero-order chi connectivity index (χ0) is 15.9. The minimum absolute atomic E-state index is 0.0960. The summed E-state index contributed by atoms with van der Waals surface area (Å²) >= 11 is 0. The molecule has 0 radical (unpaired) electrons. The Morgan fingerprint density at radius 2 is 2.24 bits per heavy atom. The van der Waals surface area contributed by atoms with Gasteiger partial charge >= 0.3 is 5.97 Å². The molecule has 114 valence electrons. The van der Waals surface area contributed by atoms with E-state index >= 15 is 0 Å². The summed E-state index contributed by atoms with van der Waals surface area (Å²) in [6.07, 6.45) is 1.10. The topological polar surface area (TPSA) is 84.2 Å². The summed E-state index contributed by atoms with van der Waals surface area (Å²) in [6.45, 7) is 8.00. The van der Waals surface area contributed by atoms with Crippen molar-refractivity contribution in [3.63, 3.8) is 0 Å². The lowest BCUT2D eigenvalue weighted by molar-refractivity contribution is -0.147. The maximum Gasteiger partial charge on any atom is 0.303 e. The van der Waals surface area contributed by atoms with Crippen LogP contribution < -0.4 is 10.1 Å². The van der Waals surface area contributed by atoms with Crippen LogP contribution >= 0.6 is 0 Å². The highest BCUT2D eigenvalue weighted by Crippen LogP contribution is 2.13. The third-order valence-electron chi connectivity index (χ3n) is 2.49. The van der Waals surface area contributed by atoms with Gasteiger partial charge in [-0.15, -0.1) is 0 Å². The number of hydrogen-bond acceptors (Lipinski definition) is 6. The quantitative estimate of drug-likeness (QED) is 0.802. The fourth-order valence-corrected chi connectivity index (χ4v) is 1.55. The van der Waals surface area contributed by atoms with Gasteiger partial charge < -0.3 is 14.8 Å². The van der Waals surface area contributed by atoms with Gasteiger partial charge in [-0.1, -0.05) is 0 Å². The third-order valence-corrected chi connectivity index (χ3v) is 2.49. The Balaban J connectivity index is 2.64. The van der Waals surface area contributed by atoms with Crippen molar-refractivity contribution in [3.8, 4) is 11.9 Å². The van der Waals surface area contributed by atoms with E-state index in [4.69, 9.17) is 14.7 Å². The number of nitriles is 1. The average molecular weight is 291 g/mol. The highest BCUT2D eigenvalue weighted by atomic mass is 16.6. The molecule has 0 aliphatic carbocycles. The van der Waals surface area contributed by atoms with Crippen molar-refractivity contribution < 1.29 is 14.3 Å². The minimum Gasteiger partial charge on any atom is -0.473 e. The van der Waals surface area contributed by atoms with Gasteiger partial charge in [0.05, 0.1) is 0 Å². The van der Waals surface area contributed by atoms with E-state index in [1.807, 2.05) is 26.8 Å². The van der Waals surface area contributed by atoms with Gasteiger partial charge in [0.2, 0.25) is 5.88 Å². The van der Waals surface area contributed by atoms with Crippen LogP contribution in [0.25, 0.3) is 0 Å².